The molecule has 1 N–H and O–H groups in total. The highest BCUT2D eigenvalue weighted by Crippen LogP contribution is 2.31. The summed E-state index contributed by atoms with van der Waals surface area (Å²) in [6, 6.07) is 5.75. The molecule has 4 rings (SSSR count). The number of hydrogen-bond donors (Lipinski definition) is 1. The van der Waals surface area contributed by atoms with E-state index >= 15 is 0 Å². The van der Waals surface area contributed by atoms with Crippen LogP contribution in [0.25, 0.3) is 10.7 Å². The minimum atomic E-state index is 0.0513. The lowest BCUT2D eigenvalue weighted by Crippen LogP contribution is -2.38. The zero-order valence-corrected chi connectivity index (χ0v) is 17.7. The summed E-state index contributed by atoms with van der Waals surface area (Å²) in [7, 11) is 1.87. The van der Waals surface area contributed by atoms with Crippen molar-refractivity contribution < 1.29 is 4.79 Å². The van der Waals surface area contributed by atoms with Crippen molar-refractivity contribution in [2.24, 2.45) is 0 Å². The normalized spacial score (nSPS) is 14.8. The maximum Gasteiger partial charge on any atom is 0.255 e. The number of likely N-dealkylation sites (tertiary alicyclic amines) is 1. The summed E-state index contributed by atoms with van der Waals surface area (Å²) in [6.45, 7) is 5.33. The van der Waals surface area contributed by atoms with Gasteiger partial charge in [-0.3, -0.25) is 9.78 Å². The molecule has 1 saturated heterocycles. The van der Waals surface area contributed by atoms with Crippen molar-refractivity contribution in [3.63, 3.8) is 0 Å². The number of nitrogens with zero attached hydrogens (tertiary/aromatic N) is 5. The van der Waals surface area contributed by atoms with Gasteiger partial charge in [0.05, 0.1) is 15.4 Å². The van der Waals surface area contributed by atoms with Crippen LogP contribution in [0.2, 0.25) is 0 Å². The third kappa shape index (κ3) is 4.27. The number of carbonyl (C=O) groups excluding carboxylic acids is 1. The first kappa shape index (κ1) is 19.4. The average Bonchev–Trinajstić information content (AvgIpc) is 3.20. The molecule has 150 valence electrons. The number of rotatable bonds is 4. The zero-order chi connectivity index (χ0) is 20.4. The molecule has 1 amide bonds. The van der Waals surface area contributed by atoms with Crippen LogP contribution < -0.4 is 5.32 Å². The molecule has 0 bridgehead atoms. The van der Waals surface area contributed by atoms with Gasteiger partial charge in [0.15, 0.2) is 5.82 Å². The van der Waals surface area contributed by atoms with Gasteiger partial charge in [-0.05, 0) is 38.8 Å². The van der Waals surface area contributed by atoms with Crippen molar-refractivity contribution >= 4 is 23.1 Å². The van der Waals surface area contributed by atoms with Gasteiger partial charge in [-0.25, -0.2) is 15.0 Å². The Balaban J connectivity index is 1.49. The van der Waals surface area contributed by atoms with Crippen molar-refractivity contribution in [2.45, 2.75) is 32.6 Å². The number of amides is 1. The molecule has 1 aliphatic rings. The van der Waals surface area contributed by atoms with Crippen LogP contribution in [-0.4, -0.2) is 50.9 Å². The fourth-order valence-electron chi connectivity index (χ4n) is 3.53. The molecule has 0 aliphatic carbocycles. The van der Waals surface area contributed by atoms with Crippen LogP contribution in [0, 0.1) is 13.8 Å². The summed E-state index contributed by atoms with van der Waals surface area (Å²) in [5, 5.41) is 4.14. The number of thiazole rings is 1. The molecule has 0 saturated carbocycles. The number of anilines is 1. The van der Waals surface area contributed by atoms with Crippen molar-refractivity contribution in [1.29, 1.82) is 0 Å². The lowest BCUT2D eigenvalue weighted by Gasteiger charge is -2.32. The third-order valence-corrected chi connectivity index (χ3v) is 6.11. The number of aryl methyl sites for hydroxylation is 2. The molecule has 1 aliphatic heterocycles. The molecule has 0 spiro atoms. The molecule has 8 heteroatoms. The zero-order valence-electron chi connectivity index (χ0n) is 16.8. The van der Waals surface area contributed by atoms with Gasteiger partial charge in [-0.2, -0.15) is 0 Å². The van der Waals surface area contributed by atoms with E-state index in [2.05, 4.69) is 20.3 Å². The first-order valence-electron chi connectivity index (χ1n) is 9.75. The van der Waals surface area contributed by atoms with Crippen molar-refractivity contribution in [3.8, 4) is 10.7 Å². The molecular weight excluding hydrogens is 384 g/mol. The maximum absolute atomic E-state index is 12.7. The summed E-state index contributed by atoms with van der Waals surface area (Å²) in [4.78, 5) is 33.6. The highest BCUT2D eigenvalue weighted by Gasteiger charge is 2.26. The van der Waals surface area contributed by atoms with Gasteiger partial charge in [0.25, 0.3) is 5.91 Å². The molecule has 3 aromatic rings. The molecule has 7 nitrogen and oxygen atoms in total. The Morgan fingerprint density at radius 3 is 2.55 bits per heavy atom. The van der Waals surface area contributed by atoms with E-state index in [1.807, 2.05) is 50.2 Å². The Labute approximate surface area is 174 Å². The summed E-state index contributed by atoms with van der Waals surface area (Å²) >= 11 is 1.60. The lowest BCUT2D eigenvalue weighted by atomic mass is 9.92. The SMILES string of the molecule is CNc1cc(C2CCN(C(=O)c3ccc(C)nc3)CC2)nc(-c2cnc(C)s2)n1. The standard InChI is InChI=1S/C21H24N6OS/c1-13-4-5-16(11-23-13)21(28)27-8-6-15(7-9-27)17-10-19(22-3)26-20(25-17)18-12-24-14(2)29-18/h4-5,10-12,15H,6-9H2,1-3H3,(H,22,25,26). The summed E-state index contributed by atoms with van der Waals surface area (Å²) < 4.78 is 0. The van der Waals surface area contributed by atoms with Gasteiger partial charge in [-0.15, -0.1) is 11.3 Å². The van der Waals surface area contributed by atoms with Crippen LogP contribution in [0.5, 0.6) is 0 Å². The molecule has 1 fully saturated rings. The monoisotopic (exact) mass is 408 g/mol. The minimum absolute atomic E-state index is 0.0513. The van der Waals surface area contributed by atoms with E-state index in [4.69, 9.17) is 4.98 Å². The number of aromatic nitrogens is 4. The molecule has 4 heterocycles. The molecule has 29 heavy (non-hydrogen) atoms. The summed E-state index contributed by atoms with van der Waals surface area (Å²) in [6.07, 6.45) is 5.25. The van der Waals surface area contributed by atoms with Crippen LogP contribution in [0.15, 0.2) is 30.6 Å². The number of pyridine rings is 1. The topological polar surface area (TPSA) is 83.9 Å². The quantitative estimate of drug-likeness (QED) is 0.709. The van der Waals surface area contributed by atoms with Crippen LogP contribution in [0.3, 0.4) is 0 Å². The smallest absolute Gasteiger partial charge is 0.255 e. The molecule has 0 unspecified atom stereocenters. The van der Waals surface area contributed by atoms with E-state index < -0.39 is 0 Å². The van der Waals surface area contributed by atoms with Gasteiger partial charge in [0.1, 0.15) is 5.82 Å². The van der Waals surface area contributed by atoms with E-state index in [-0.39, 0.29) is 5.91 Å². The van der Waals surface area contributed by atoms with Gasteiger partial charge in [0, 0.05) is 55.9 Å². The molecule has 0 atom stereocenters. The van der Waals surface area contributed by atoms with Crippen molar-refractivity contribution in [2.75, 3.05) is 25.5 Å². The Bertz CT molecular complexity index is 1010. The second kappa shape index (κ2) is 8.24. The first-order valence-corrected chi connectivity index (χ1v) is 10.6. The van der Waals surface area contributed by atoms with Gasteiger partial charge in [0.2, 0.25) is 0 Å². The Morgan fingerprint density at radius 1 is 1.14 bits per heavy atom. The molecule has 0 radical (unpaired) electrons. The Hall–Kier alpha value is -2.87. The number of hydrogen-bond acceptors (Lipinski definition) is 7. The number of carbonyl (C=O) groups is 1. The predicted octanol–water partition coefficient (Wildman–Crippen LogP) is 3.67. The van der Waals surface area contributed by atoms with Crippen LogP contribution in [0.4, 0.5) is 5.82 Å². The van der Waals surface area contributed by atoms with E-state index in [9.17, 15) is 4.79 Å². The highest BCUT2D eigenvalue weighted by atomic mass is 32.1. The fraction of sp³-hybridized carbons (Fsp3) is 0.381. The number of piperidine rings is 1. The van der Waals surface area contributed by atoms with E-state index in [0.717, 1.165) is 39.9 Å². The van der Waals surface area contributed by atoms with E-state index in [0.29, 0.717) is 30.4 Å². The largest absolute Gasteiger partial charge is 0.373 e. The molecule has 0 aromatic carbocycles. The van der Waals surface area contributed by atoms with Gasteiger partial charge in [-0.1, -0.05) is 0 Å². The van der Waals surface area contributed by atoms with Crippen molar-refractivity contribution in [3.05, 3.63) is 52.6 Å². The first-order chi connectivity index (χ1) is 14.0. The molecule has 3 aromatic heterocycles. The third-order valence-electron chi connectivity index (χ3n) is 5.20. The Morgan fingerprint density at radius 2 is 1.93 bits per heavy atom. The average molecular weight is 409 g/mol. The maximum atomic E-state index is 12.7. The second-order valence-corrected chi connectivity index (χ2v) is 8.48. The van der Waals surface area contributed by atoms with Gasteiger partial charge >= 0.3 is 0 Å². The van der Waals surface area contributed by atoms with E-state index in [1.165, 1.54) is 0 Å². The fourth-order valence-corrected chi connectivity index (χ4v) is 4.25. The second-order valence-electron chi connectivity index (χ2n) is 7.25. The highest BCUT2D eigenvalue weighted by molar-refractivity contribution is 7.14. The van der Waals surface area contributed by atoms with E-state index in [1.54, 1.807) is 17.5 Å². The minimum Gasteiger partial charge on any atom is -0.373 e. The Kier molecular flexibility index (Phi) is 5.53. The number of nitrogens with one attached hydrogen (secondary N) is 1. The van der Waals surface area contributed by atoms with Crippen LogP contribution in [0.1, 0.15) is 45.5 Å². The lowest BCUT2D eigenvalue weighted by molar-refractivity contribution is 0.0711. The molecular formula is C21H24N6OS. The van der Waals surface area contributed by atoms with Crippen LogP contribution in [-0.2, 0) is 0 Å². The van der Waals surface area contributed by atoms with Crippen LogP contribution >= 0.6 is 11.3 Å². The van der Waals surface area contributed by atoms with Gasteiger partial charge < -0.3 is 10.2 Å². The predicted molar refractivity (Wildman–Crippen MR) is 114 cm³/mol. The summed E-state index contributed by atoms with van der Waals surface area (Å²) in [5.74, 6) is 1.87. The van der Waals surface area contributed by atoms with Crippen molar-refractivity contribution in [1.82, 2.24) is 24.8 Å². The summed E-state index contributed by atoms with van der Waals surface area (Å²) in [5.41, 5.74) is 2.59.